The highest BCUT2D eigenvalue weighted by Gasteiger charge is 2.35. The van der Waals surface area contributed by atoms with Crippen LogP contribution in [0.5, 0.6) is 0 Å². The summed E-state index contributed by atoms with van der Waals surface area (Å²) in [5, 5.41) is 14.4. The van der Waals surface area contributed by atoms with Crippen LogP contribution in [-0.4, -0.2) is 48.2 Å². The number of sulfonamides is 1. The molecule has 3 aromatic rings. The molecule has 0 aromatic heterocycles. The number of carbonyl (C=O) groups excluding carboxylic acids is 2. The number of rotatable bonds is 11. The molecule has 0 aliphatic rings. The van der Waals surface area contributed by atoms with Gasteiger partial charge in [-0.3, -0.25) is 24.0 Å². The van der Waals surface area contributed by atoms with E-state index in [2.05, 4.69) is 5.32 Å². The van der Waals surface area contributed by atoms with Crippen LogP contribution in [0.3, 0.4) is 0 Å². The summed E-state index contributed by atoms with van der Waals surface area (Å²) in [6, 6.07) is 19.2. The zero-order chi connectivity index (χ0) is 30.4. The van der Waals surface area contributed by atoms with E-state index in [-0.39, 0.29) is 35.1 Å². The second-order valence-electron chi connectivity index (χ2n) is 10.8. The van der Waals surface area contributed by atoms with Crippen molar-refractivity contribution < 1.29 is 22.9 Å². The number of aryl methyl sites for hydroxylation is 1. The molecule has 0 bridgehead atoms. The Bertz CT molecular complexity index is 1490. The van der Waals surface area contributed by atoms with Crippen LogP contribution in [0.2, 0.25) is 0 Å². The fraction of sp³-hybridized carbons (Fsp3) is 0.333. The average molecular weight is 581 g/mol. The van der Waals surface area contributed by atoms with Gasteiger partial charge in [-0.05, 0) is 57.9 Å². The van der Waals surface area contributed by atoms with Crippen molar-refractivity contribution in [2.45, 2.75) is 64.1 Å². The van der Waals surface area contributed by atoms with Crippen LogP contribution in [0.4, 0.5) is 11.4 Å². The molecule has 3 rings (SSSR count). The summed E-state index contributed by atoms with van der Waals surface area (Å²) in [6.07, 6.45) is 0.280. The molecular weight excluding hydrogens is 544 g/mol. The first-order chi connectivity index (χ1) is 19.2. The van der Waals surface area contributed by atoms with Gasteiger partial charge in [-0.2, -0.15) is 0 Å². The zero-order valence-corrected chi connectivity index (χ0v) is 24.7. The van der Waals surface area contributed by atoms with Crippen molar-refractivity contribution in [3.05, 3.63) is 100 Å². The van der Waals surface area contributed by atoms with E-state index >= 15 is 0 Å². The van der Waals surface area contributed by atoms with E-state index in [1.807, 2.05) is 52.0 Å². The topological polar surface area (TPSA) is 130 Å². The summed E-state index contributed by atoms with van der Waals surface area (Å²) in [7, 11) is -4.32. The third-order valence-corrected chi connectivity index (χ3v) is 8.08. The molecule has 10 nitrogen and oxygen atoms in total. The molecule has 0 aliphatic carbocycles. The number of nitro benzene ring substituents is 1. The Morgan fingerprint density at radius 1 is 0.976 bits per heavy atom. The normalized spacial score (nSPS) is 12.3. The third kappa shape index (κ3) is 8.14. The lowest BCUT2D eigenvalue weighted by Crippen LogP contribution is -2.55. The molecule has 1 atom stereocenters. The van der Waals surface area contributed by atoms with Gasteiger partial charge in [0.2, 0.25) is 11.8 Å². The summed E-state index contributed by atoms with van der Waals surface area (Å²) in [6.45, 7) is 8.60. The van der Waals surface area contributed by atoms with Gasteiger partial charge in [-0.25, -0.2) is 8.42 Å². The van der Waals surface area contributed by atoms with Crippen LogP contribution < -0.4 is 9.62 Å². The molecule has 0 spiro atoms. The smallest absolute Gasteiger partial charge is 0.271 e. The summed E-state index contributed by atoms with van der Waals surface area (Å²) in [5.41, 5.74) is 0.859. The van der Waals surface area contributed by atoms with E-state index in [9.17, 15) is 28.1 Å². The van der Waals surface area contributed by atoms with Crippen molar-refractivity contribution in [1.82, 2.24) is 10.2 Å². The van der Waals surface area contributed by atoms with Gasteiger partial charge >= 0.3 is 0 Å². The van der Waals surface area contributed by atoms with E-state index in [4.69, 9.17) is 0 Å². The van der Waals surface area contributed by atoms with Gasteiger partial charge in [0.15, 0.2) is 0 Å². The lowest BCUT2D eigenvalue weighted by molar-refractivity contribution is -0.384. The Kier molecular flexibility index (Phi) is 9.88. The molecule has 41 heavy (non-hydrogen) atoms. The van der Waals surface area contributed by atoms with Crippen molar-refractivity contribution >= 4 is 33.2 Å². The van der Waals surface area contributed by atoms with Crippen molar-refractivity contribution in [3.8, 4) is 0 Å². The first-order valence-electron chi connectivity index (χ1n) is 13.2. The number of benzene rings is 3. The highest BCUT2D eigenvalue weighted by molar-refractivity contribution is 7.92. The number of carbonyl (C=O) groups is 2. The van der Waals surface area contributed by atoms with Crippen LogP contribution in [-0.2, 0) is 26.2 Å². The molecule has 2 amide bonds. The minimum atomic E-state index is -4.32. The minimum absolute atomic E-state index is 0.0427. The van der Waals surface area contributed by atoms with Gasteiger partial charge in [0.05, 0.1) is 15.5 Å². The van der Waals surface area contributed by atoms with Crippen LogP contribution in [0.25, 0.3) is 0 Å². The number of non-ortho nitro benzene ring substituents is 1. The van der Waals surface area contributed by atoms with Gasteiger partial charge < -0.3 is 10.2 Å². The van der Waals surface area contributed by atoms with Gasteiger partial charge in [-0.15, -0.1) is 0 Å². The average Bonchev–Trinajstić information content (AvgIpc) is 2.92. The van der Waals surface area contributed by atoms with Crippen molar-refractivity contribution in [2.75, 3.05) is 10.8 Å². The Morgan fingerprint density at radius 3 is 2.17 bits per heavy atom. The maximum Gasteiger partial charge on any atom is 0.271 e. The number of amides is 2. The summed E-state index contributed by atoms with van der Waals surface area (Å²) in [4.78, 5) is 39.6. The van der Waals surface area contributed by atoms with Gasteiger partial charge in [0, 0.05) is 24.2 Å². The predicted octanol–water partition coefficient (Wildman–Crippen LogP) is 4.82. The Balaban J connectivity index is 2.10. The summed E-state index contributed by atoms with van der Waals surface area (Å²) < 4.78 is 28.5. The molecule has 0 unspecified atom stereocenters. The lowest BCUT2D eigenvalue weighted by Gasteiger charge is -2.34. The van der Waals surface area contributed by atoms with E-state index in [1.54, 1.807) is 25.1 Å². The third-order valence-electron chi connectivity index (χ3n) is 6.30. The minimum Gasteiger partial charge on any atom is -0.350 e. The Hall–Kier alpha value is -4.25. The first-order valence-corrected chi connectivity index (χ1v) is 14.7. The first kappa shape index (κ1) is 31.3. The second kappa shape index (κ2) is 12.9. The Labute approximate surface area is 241 Å². The zero-order valence-electron chi connectivity index (χ0n) is 23.9. The number of nitro groups is 1. The summed E-state index contributed by atoms with van der Waals surface area (Å²) in [5.74, 6) is -0.999. The molecule has 0 saturated carbocycles. The van der Waals surface area contributed by atoms with Crippen molar-refractivity contribution in [3.63, 3.8) is 0 Å². The van der Waals surface area contributed by atoms with Crippen LogP contribution in [0.1, 0.15) is 45.2 Å². The van der Waals surface area contributed by atoms with E-state index < -0.39 is 39.0 Å². The molecule has 1 N–H and O–H groups in total. The fourth-order valence-corrected chi connectivity index (χ4v) is 5.70. The lowest BCUT2D eigenvalue weighted by atomic mass is 10.1. The Morgan fingerprint density at radius 2 is 1.61 bits per heavy atom. The molecule has 11 heteroatoms. The number of hydrogen-bond donors (Lipinski definition) is 1. The van der Waals surface area contributed by atoms with E-state index in [1.165, 1.54) is 35.2 Å². The molecule has 0 aliphatic heterocycles. The molecule has 0 heterocycles. The van der Waals surface area contributed by atoms with Gasteiger partial charge in [0.25, 0.3) is 15.7 Å². The highest BCUT2D eigenvalue weighted by Crippen LogP contribution is 2.28. The number of nitrogens with zero attached hydrogens (tertiary/aromatic N) is 3. The standard InChI is InChI=1S/C30H36N4O6S/c1-6-27(29(36)31-30(3,4)5)32(20-23-17-15-22(2)16-18-23)28(35)21-33(24-11-10-12-25(19-24)34(37)38)41(39,40)26-13-8-7-9-14-26/h7-19,27H,6,20-21H2,1-5H3,(H,31,36)/t27-/m0/s1. The molecule has 0 radical (unpaired) electrons. The molecule has 3 aromatic carbocycles. The van der Waals surface area contributed by atoms with Gasteiger partial charge in [0.1, 0.15) is 12.6 Å². The van der Waals surface area contributed by atoms with Crippen LogP contribution in [0.15, 0.2) is 83.8 Å². The van der Waals surface area contributed by atoms with E-state index in [0.717, 1.165) is 21.5 Å². The molecule has 0 fully saturated rings. The second-order valence-corrected chi connectivity index (χ2v) is 12.6. The van der Waals surface area contributed by atoms with Crippen LogP contribution >= 0.6 is 0 Å². The number of anilines is 1. The van der Waals surface area contributed by atoms with Gasteiger partial charge in [-0.1, -0.05) is 61.0 Å². The molecule has 218 valence electrons. The van der Waals surface area contributed by atoms with Crippen LogP contribution in [0, 0.1) is 17.0 Å². The monoisotopic (exact) mass is 580 g/mol. The highest BCUT2D eigenvalue weighted by atomic mass is 32.2. The van der Waals surface area contributed by atoms with E-state index in [0.29, 0.717) is 0 Å². The molecule has 0 saturated heterocycles. The SMILES string of the molecule is CC[C@@H](C(=O)NC(C)(C)C)N(Cc1ccc(C)cc1)C(=O)CN(c1cccc([N+](=O)[O-])c1)S(=O)(=O)c1ccccc1. The van der Waals surface area contributed by atoms with Crippen molar-refractivity contribution in [2.24, 2.45) is 0 Å². The summed E-state index contributed by atoms with van der Waals surface area (Å²) >= 11 is 0. The fourth-order valence-electron chi connectivity index (χ4n) is 4.27. The number of nitrogens with one attached hydrogen (secondary N) is 1. The quantitative estimate of drug-likeness (QED) is 0.256. The predicted molar refractivity (Wildman–Crippen MR) is 158 cm³/mol. The maximum atomic E-state index is 14.1. The largest absolute Gasteiger partial charge is 0.350 e. The number of hydrogen-bond acceptors (Lipinski definition) is 6. The van der Waals surface area contributed by atoms with Crippen molar-refractivity contribution in [1.29, 1.82) is 0 Å². The molecular formula is C30H36N4O6S. The maximum absolute atomic E-state index is 14.1.